The fourth-order valence-electron chi connectivity index (χ4n) is 2.39. The second-order valence-corrected chi connectivity index (χ2v) is 5.08. The average molecular weight is 296 g/mol. The number of benzene rings is 1. The van der Waals surface area contributed by atoms with Crippen molar-refractivity contribution in [2.45, 2.75) is 18.9 Å². The summed E-state index contributed by atoms with van der Waals surface area (Å²) in [5.74, 6) is -2.32. The Balaban J connectivity index is 1.88. The number of hydrogen-bond acceptors (Lipinski definition) is 4. The average Bonchev–Trinajstić information content (AvgIpc) is 2.40. The molecule has 1 aliphatic heterocycles. The number of phenolic OH excluding ortho intramolecular Hbond substituents is 1. The standard InChI is InChI=1S/C14H17FN2O4/c15-9-1-2-11(12(18)7-9)14(21)16-10-3-5-17(6-4-10)8-13(19)20/h1-2,7,10,18H,3-6,8H2,(H,16,21)(H,19,20). The van der Waals surface area contributed by atoms with Crippen molar-refractivity contribution in [1.29, 1.82) is 0 Å². The topological polar surface area (TPSA) is 89.9 Å². The Bertz CT molecular complexity index is 542. The van der Waals surface area contributed by atoms with Gasteiger partial charge in [0.05, 0.1) is 12.1 Å². The maximum absolute atomic E-state index is 12.9. The Morgan fingerprint density at radius 3 is 2.57 bits per heavy atom. The third kappa shape index (κ3) is 4.16. The molecule has 114 valence electrons. The maximum atomic E-state index is 12.9. The Morgan fingerprint density at radius 2 is 2.00 bits per heavy atom. The molecular formula is C14H17FN2O4. The van der Waals surface area contributed by atoms with Crippen LogP contribution in [0, 0.1) is 5.82 Å². The third-order valence-corrected chi connectivity index (χ3v) is 3.49. The van der Waals surface area contributed by atoms with Crippen LogP contribution in [-0.4, -0.2) is 52.7 Å². The highest BCUT2D eigenvalue weighted by molar-refractivity contribution is 5.96. The van der Waals surface area contributed by atoms with E-state index in [0.717, 1.165) is 12.1 Å². The van der Waals surface area contributed by atoms with Gasteiger partial charge in [-0.2, -0.15) is 0 Å². The number of nitrogens with zero attached hydrogens (tertiary/aromatic N) is 1. The molecule has 1 amide bonds. The van der Waals surface area contributed by atoms with Crippen LogP contribution >= 0.6 is 0 Å². The van der Waals surface area contributed by atoms with Crippen LogP contribution in [0.1, 0.15) is 23.2 Å². The predicted molar refractivity (Wildman–Crippen MR) is 72.6 cm³/mol. The summed E-state index contributed by atoms with van der Waals surface area (Å²) in [4.78, 5) is 24.4. The number of rotatable bonds is 4. The van der Waals surface area contributed by atoms with Gasteiger partial charge in [0.2, 0.25) is 0 Å². The minimum atomic E-state index is -0.867. The summed E-state index contributed by atoms with van der Waals surface area (Å²) in [6, 6.07) is 3.17. The van der Waals surface area contributed by atoms with E-state index in [0.29, 0.717) is 25.9 Å². The largest absolute Gasteiger partial charge is 0.507 e. The van der Waals surface area contributed by atoms with E-state index in [-0.39, 0.29) is 18.2 Å². The molecule has 0 aromatic heterocycles. The van der Waals surface area contributed by atoms with Gasteiger partial charge in [-0.15, -0.1) is 0 Å². The molecule has 0 unspecified atom stereocenters. The van der Waals surface area contributed by atoms with Crippen molar-refractivity contribution in [2.75, 3.05) is 19.6 Å². The van der Waals surface area contributed by atoms with Gasteiger partial charge < -0.3 is 15.5 Å². The van der Waals surface area contributed by atoms with E-state index >= 15 is 0 Å². The van der Waals surface area contributed by atoms with E-state index in [1.165, 1.54) is 6.07 Å². The van der Waals surface area contributed by atoms with Crippen LogP contribution in [0.5, 0.6) is 5.75 Å². The Labute approximate surface area is 121 Å². The molecule has 1 saturated heterocycles. The highest BCUT2D eigenvalue weighted by Crippen LogP contribution is 2.19. The number of nitrogens with one attached hydrogen (secondary N) is 1. The number of carbonyl (C=O) groups is 2. The number of carboxylic acid groups (broad SMARTS) is 1. The van der Waals surface area contributed by atoms with Gasteiger partial charge in [0.1, 0.15) is 11.6 Å². The zero-order valence-electron chi connectivity index (χ0n) is 11.4. The molecule has 0 radical (unpaired) electrons. The zero-order chi connectivity index (χ0) is 15.4. The lowest BCUT2D eigenvalue weighted by Gasteiger charge is -2.31. The molecule has 0 atom stereocenters. The molecule has 1 aliphatic rings. The van der Waals surface area contributed by atoms with Crippen LogP contribution in [0.25, 0.3) is 0 Å². The first kappa shape index (κ1) is 15.2. The molecule has 1 fully saturated rings. The number of carboxylic acids is 1. The summed E-state index contributed by atoms with van der Waals surface area (Å²) >= 11 is 0. The van der Waals surface area contributed by atoms with Crippen LogP contribution in [0.2, 0.25) is 0 Å². The SMILES string of the molecule is O=C(O)CN1CCC(NC(=O)c2ccc(F)cc2O)CC1. The molecule has 1 heterocycles. The molecule has 7 heteroatoms. The molecule has 2 rings (SSSR count). The van der Waals surface area contributed by atoms with Gasteiger partial charge in [0.15, 0.2) is 0 Å². The van der Waals surface area contributed by atoms with Crippen LogP contribution < -0.4 is 5.32 Å². The van der Waals surface area contributed by atoms with E-state index in [1.54, 1.807) is 4.90 Å². The Kier molecular flexibility index (Phi) is 4.74. The number of aromatic hydroxyl groups is 1. The predicted octanol–water partition coefficient (Wildman–Crippen LogP) is 0.810. The summed E-state index contributed by atoms with van der Waals surface area (Å²) in [7, 11) is 0. The molecule has 1 aromatic carbocycles. The van der Waals surface area contributed by atoms with Crippen LogP contribution in [-0.2, 0) is 4.79 Å². The van der Waals surface area contributed by atoms with E-state index in [9.17, 15) is 19.1 Å². The van der Waals surface area contributed by atoms with Gasteiger partial charge in [-0.25, -0.2) is 4.39 Å². The molecular weight excluding hydrogens is 279 g/mol. The van der Waals surface area contributed by atoms with E-state index in [2.05, 4.69) is 5.32 Å². The lowest BCUT2D eigenvalue weighted by Crippen LogP contribution is -2.45. The van der Waals surface area contributed by atoms with Crippen molar-refractivity contribution in [3.63, 3.8) is 0 Å². The molecule has 0 aliphatic carbocycles. The van der Waals surface area contributed by atoms with E-state index in [4.69, 9.17) is 5.11 Å². The summed E-state index contributed by atoms with van der Waals surface area (Å²) in [5.41, 5.74) is 0.0318. The fraction of sp³-hybridized carbons (Fsp3) is 0.429. The number of piperidine rings is 1. The first-order valence-corrected chi connectivity index (χ1v) is 6.69. The first-order valence-electron chi connectivity index (χ1n) is 6.69. The number of halogens is 1. The minimum Gasteiger partial charge on any atom is -0.507 e. The van der Waals surface area contributed by atoms with E-state index in [1.807, 2.05) is 0 Å². The first-order chi connectivity index (χ1) is 9.95. The lowest BCUT2D eigenvalue weighted by molar-refractivity contribution is -0.138. The number of aliphatic carboxylic acids is 1. The summed E-state index contributed by atoms with van der Waals surface area (Å²) < 4.78 is 12.9. The van der Waals surface area contributed by atoms with Gasteiger partial charge in [0.25, 0.3) is 5.91 Å². The van der Waals surface area contributed by atoms with Crippen molar-refractivity contribution in [2.24, 2.45) is 0 Å². The highest BCUT2D eigenvalue weighted by Gasteiger charge is 2.23. The second-order valence-electron chi connectivity index (χ2n) is 5.08. The minimum absolute atomic E-state index is 0.000579. The lowest BCUT2D eigenvalue weighted by atomic mass is 10.0. The molecule has 0 spiro atoms. The second kappa shape index (κ2) is 6.53. The van der Waals surface area contributed by atoms with Gasteiger partial charge in [-0.1, -0.05) is 0 Å². The van der Waals surface area contributed by atoms with Crippen LogP contribution in [0.3, 0.4) is 0 Å². The van der Waals surface area contributed by atoms with Gasteiger partial charge in [-0.3, -0.25) is 14.5 Å². The van der Waals surface area contributed by atoms with Crippen LogP contribution in [0.4, 0.5) is 4.39 Å². The van der Waals surface area contributed by atoms with Crippen molar-refractivity contribution in [1.82, 2.24) is 10.2 Å². The van der Waals surface area contributed by atoms with Gasteiger partial charge in [-0.05, 0) is 25.0 Å². The van der Waals surface area contributed by atoms with Crippen molar-refractivity contribution >= 4 is 11.9 Å². The number of phenols is 1. The van der Waals surface area contributed by atoms with Gasteiger partial charge in [0, 0.05) is 25.2 Å². The molecule has 21 heavy (non-hydrogen) atoms. The van der Waals surface area contributed by atoms with Crippen molar-refractivity contribution in [3.8, 4) is 5.75 Å². The smallest absolute Gasteiger partial charge is 0.317 e. The van der Waals surface area contributed by atoms with Gasteiger partial charge >= 0.3 is 5.97 Å². The zero-order valence-corrected chi connectivity index (χ0v) is 11.4. The Hall–Kier alpha value is -2.15. The van der Waals surface area contributed by atoms with E-state index < -0.39 is 23.4 Å². The summed E-state index contributed by atoms with van der Waals surface area (Å²) in [6.07, 6.45) is 1.28. The quantitative estimate of drug-likeness (QED) is 0.765. The molecule has 1 aromatic rings. The fourth-order valence-corrected chi connectivity index (χ4v) is 2.39. The molecule has 0 saturated carbocycles. The summed E-state index contributed by atoms with van der Waals surface area (Å²) in [5, 5.41) is 21.0. The normalized spacial score (nSPS) is 16.6. The maximum Gasteiger partial charge on any atom is 0.317 e. The monoisotopic (exact) mass is 296 g/mol. The number of amides is 1. The molecule has 3 N–H and O–H groups in total. The van der Waals surface area contributed by atoms with Crippen molar-refractivity contribution in [3.05, 3.63) is 29.6 Å². The third-order valence-electron chi connectivity index (χ3n) is 3.49. The number of hydrogen-bond donors (Lipinski definition) is 3. The molecule has 6 nitrogen and oxygen atoms in total. The number of likely N-dealkylation sites (tertiary alicyclic amines) is 1. The highest BCUT2D eigenvalue weighted by atomic mass is 19.1. The van der Waals surface area contributed by atoms with Crippen molar-refractivity contribution < 1.29 is 24.2 Å². The molecule has 0 bridgehead atoms. The van der Waals surface area contributed by atoms with Crippen LogP contribution in [0.15, 0.2) is 18.2 Å². The Morgan fingerprint density at radius 1 is 1.33 bits per heavy atom. The number of carbonyl (C=O) groups excluding carboxylic acids is 1. The summed E-state index contributed by atoms with van der Waals surface area (Å²) in [6.45, 7) is 1.18.